The van der Waals surface area contributed by atoms with E-state index in [9.17, 15) is 8.42 Å². The predicted molar refractivity (Wildman–Crippen MR) is 89.6 cm³/mol. The number of hydrogen-bond acceptors (Lipinski definition) is 5. The van der Waals surface area contributed by atoms with Crippen molar-refractivity contribution in [2.24, 2.45) is 0 Å². The van der Waals surface area contributed by atoms with E-state index in [1.165, 1.54) is 15.6 Å². The van der Waals surface area contributed by atoms with Gasteiger partial charge in [-0.05, 0) is 52.2 Å². The second-order valence-electron chi connectivity index (χ2n) is 5.35. The van der Waals surface area contributed by atoms with E-state index >= 15 is 0 Å². The molecule has 0 fully saturated rings. The molecule has 0 unspecified atom stereocenters. The fourth-order valence-electron chi connectivity index (χ4n) is 1.76. The molecular formula is C14H27N3O2S2. The van der Waals surface area contributed by atoms with Crippen LogP contribution >= 0.6 is 11.3 Å². The first-order valence-corrected chi connectivity index (χ1v) is 9.54. The SMILES string of the molecule is CCCNCCc1ccc(S(=O)(=O)N(C)CCN(C)C)s1. The van der Waals surface area contributed by atoms with Crippen LogP contribution in [0.5, 0.6) is 0 Å². The molecule has 21 heavy (non-hydrogen) atoms. The summed E-state index contributed by atoms with van der Waals surface area (Å²) in [4.78, 5) is 3.09. The van der Waals surface area contributed by atoms with Crippen LogP contribution in [0.15, 0.2) is 16.3 Å². The molecule has 1 N–H and O–H groups in total. The lowest BCUT2D eigenvalue weighted by atomic mass is 10.3. The van der Waals surface area contributed by atoms with Gasteiger partial charge in [0, 0.05) is 25.0 Å². The number of rotatable bonds is 10. The Morgan fingerprint density at radius 2 is 1.86 bits per heavy atom. The molecule has 122 valence electrons. The highest BCUT2D eigenvalue weighted by Crippen LogP contribution is 2.24. The van der Waals surface area contributed by atoms with Crippen LogP contribution in [0.2, 0.25) is 0 Å². The second kappa shape index (κ2) is 8.85. The number of nitrogens with one attached hydrogen (secondary N) is 1. The van der Waals surface area contributed by atoms with Crippen LogP contribution in [-0.2, 0) is 16.4 Å². The predicted octanol–water partition coefficient (Wildman–Crippen LogP) is 1.47. The van der Waals surface area contributed by atoms with Crippen LogP contribution in [0.4, 0.5) is 0 Å². The molecule has 0 radical (unpaired) electrons. The van der Waals surface area contributed by atoms with E-state index < -0.39 is 10.0 Å². The van der Waals surface area contributed by atoms with E-state index in [1.54, 1.807) is 13.1 Å². The van der Waals surface area contributed by atoms with Gasteiger partial charge in [-0.25, -0.2) is 8.42 Å². The summed E-state index contributed by atoms with van der Waals surface area (Å²) >= 11 is 1.38. The first kappa shape index (κ1) is 18.6. The Morgan fingerprint density at radius 1 is 1.14 bits per heavy atom. The molecule has 0 aliphatic carbocycles. The van der Waals surface area contributed by atoms with Gasteiger partial charge in [-0.3, -0.25) is 0 Å². The number of thiophene rings is 1. The molecule has 1 rings (SSSR count). The summed E-state index contributed by atoms with van der Waals surface area (Å²) in [5, 5.41) is 3.33. The maximum atomic E-state index is 12.4. The van der Waals surface area contributed by atoms with E-state index in [0.717, 1.165) is 37.4 Å². The third kappa shape index (κ3) is 6.04. The summed E-state index contributed by atoms with van der Waals surface area (Å²) in [6, 6.07) is 3.65. The minimum atomic E-state index is -3.34. The number of hydrogen-bond donors (Lipinski definition) is 1. The van der Waals surface area contributed by atoms with Crippen molar-refractivity contribution in [1.29, 1.82) is 0 Å². The quantitative estimate of drug-likeness (QED) is 0.659. The van der Waals surface area contributed by atoms with Crippen LogP contribution in [0.25, 0.3) is 0 Å². The van der Waals surface area contributed by atoms with Gasteiger partial charge in [0.05, 0.1) is 0 Å². The van der Waals surface area contributed by atoms with Crippen molar-refractivity contribution in [3.63, 3.8) is 0 Å². The summed E-state index contributed by atoms with van der Waals surface area (Å²) in [5.74, 6) is 0. The molecule has 5 nitrogen and oxygen atoms in total. The molecule has 0 atom stereocenters. The Morgan fingerprint density at radius 3 is 2.48 bits per heavy atom. The number of sulfonamides is 1. The maximum Gasteiger partial charge on any atom is 0.252 e. The van der Waals surface area contributed by atoms with Gasteiger partial charge in [-0.15, -0.1) is 11.3 Å². The Bertz CT molecular complexity index is 512. The first-order valence-electron chi connectivity index (χ1n) is 7.28. The summed E-state index contributed by atoms with van der Waals surface area (Å²) in [6.45, 7) is 5.25. The van der Waals surface area contributed by atoms with E-state index in [-0.39, 0.29) is 0 Å². The molecule has 1 heterocycles. The molecule has 0 saturated heterocycles. The summed E-state index contributed by atoms with van der Waals surface area (Å²) in [6.07, 6.45) is 1.99. The van der Waals surface area contributed by atoms with Crippen LogP contribution in [-0.4, -0.2) is 64.9 Å². The van der Waals surface area contributed by atoms with E-state index in [2.05, 4.69) is 12.2 Å². The zero-order valence-corrected chi connectivity index (χ0v) is 15.1. The molecule has 1 aromatic rings. The molecule has 0 bridgehead atoms. The average molecular weight is 334 g/mol. The molecule has 7 heteroatoms. The number of nitrogens with zero attached hydrogens (tertiary/aromatic N) is 2. The topological polar surface area (TPSA) is 52.7 Å². The van der Waals surface area contributed by atoms with Crippen molar-refractivity contribution < 1.29 is 8.42 Å². The van der Waals surface area contributed by atoms with Gasteiger partial charge in [0.2, 0.25) is 0 Å². The second-order valence-corrected chi connectivity index (χ2v) is 8.79. The highest BCUT2D eigenvalue weighted by atomic mass is 32.2. The van der Waals surface area contributed by atoms with Gasteiger partial charge >= 0.3 is 0 Å². The normalized spacial score (nSPS) is 12.5. The van der Waals surface area contributed by atoms with Crippen molar-refractivity contribution in [2.45, 2.75) is 24.0 Å². The molecular weight excluding hydrogens is 306 g/mol. The maximum absolute atomic E-state index is 12.4. The molecule has 0 amide bonds. The largest absolute Gasteiger partial charge is 0.316 e. The zero-order valence-electron chi connectivity index (χ0n) is 13.4. The highest BCUT2D eigenvalue weighted by molar-refractivity contribution is 7.91. The van der Waals surface area contributed by atoms with Crippen LogP contribution in [0, 0.1) is 0 Å². The van der Waals surface area contributed by atoms with E-state index in [4.69, 9.17) is 0 Å². The smallest absolute Gasteiger partial charge is 0.252 e. The van der Waals surface area contributed by atoms with Gasteiger partial charge in [-0.2, -0.15) is 4.31 Å². The summed E-state index contributed by atoms with van der Waals surface area (Å²) in [5.41, 5.74) is 0. The van der Waals surface area contributed by atoms with E-state index in [1.807, 2.05) is 25.1 Å². The minimum Gasteiger partial charge on any atom is -0.316 e. The third-order valence-electron chi connectivity index (χ3n) is 3.14. The summed E-state index contributed by atoms with van der Waals surface area (Å²) in [7, 11) is 2.17. The van der Waals surface area contributed by atoms with Gasteiger partial charge in [0.15, 0.2) is 0 Å². The Balaban J connectivity index is 2.61. The Labute approximate surface area is 133 Å². The minimum absolute atomic E-state index is 0.439. The van der Waals surface area contributed by atoms with Crippen LogP contribution < -0.4 is 5.32 Å². The molecule has 0 saturated carbocycles. The van der Waals surface area contributed by atoms with E-state index in [0.29, 0.717) is 10.8 Å². The molecule has 1 aromatic heterocycles. The monoisotopic (exact) mass is 333 g/mol. The number of likely N-dealkylation sites (N-methyl/N-ethyl adjacent to an activating group) is 2. The fourth-order valence-corrected chi connectivity index (χ4v) is 4.49. The third-order valence-corrected chi connectivity index (χ3v) is 6.61. The highest BCUT2D eigenvalue weighted by Gasteiger charge is 2.22. The van der Waals surface area contributed by atoms with Gasteiger partial charge in [0.25, 0.3) is 10.0 Å². The average Bonchev–Trinajstić information content (AvgIpc) is 2.90. The zero-order chi connectivity index (χ0) is 15.9. The van der Waals surface area contributed by atoms with Gasteiger partial charge in [-0.1, -0.05) is 6.92 Å². The standard InChI is InChI=1S/C14H27N3O2S2/c1-5-9-15-10-8-13-6-7-14(20-13)21(18,19)17(4)12-11-16(2)3/h6-7,15H,5,8-12H2,1-4H3. The van der Waals surface area contributed by atoms with Crippen LogP contribution in [0.3, 0.4) is 0 Å². The van der Waals surface area contributed by atoms with Crippen LogP contribution in [0.1, 0.15) is 18.2 Å². The fraction of sp³-hybridized carbons (Fsp3) is 0.714. The lowest BCUT2D eigenvalue weighted by Gasteiger charge is -2.18. The van der Waals surface area contributed by atoms with Gasteiger partial charge < -0.3 is 10.2 Å². The van der Waals surface area contributed by atoms with Crippen molar-refractivity contribution in [3.05, 3.63) is 17.0 Å². The van der Waals surface area contributed by atoms with Crippen molar-refractivity contribution >= 4 is 21.4 Å². The lowest BCUT2D eigenvalue weighted by Crippen LogP contribution is -2.33. The Hall–Kier alpha value is -0.470. The summed E-state index contributed by atoms with van der Waals surface area (Å²) < 4.78 is 26.7. The lowest BCUT2D eigenvalue weighted by molar-refractivity contribution is 0.359. The van der Waals surface area contributed by atoms with Crippen molar-refractivity contribution in [1.82, 2.24) is 14.5 Å². The molecule has 0 aliphatic rings. The molecule has 0 aliphatic heterocycles. The van der Waals surface area contributed by atoms with Crippen molar-refractivity contribution in [2.75, 3.05) is 47.3 Å². The van der Waals surface area contributed by atoms with Crippen molar-refractivity contribution in [3.8, 4) is 0 Å². The molecule has 0 spiro atoms. The first-order chi connectivity index (χ1) is 9.87. The molecule has 0 aromatic carbocycles. The Kier molecular flexibility index (Phi) is 7.83. The van der Waals surface area contributed by atoms with Gasteiger partial charge in [0.1, 0.15) is 4.21 Å².